The highest BCUT2D eigenvalue weighted by molar-refractivity contribution is 5.78. The van der Waals surface area contributed by atoms with Crippen molar-refractivity contribution in [3.05, 3.63) is 35.9 Å². The third kappa shape index (κ3) is 4.04. The van der Waals surface area contributed by atoms with Crippen molar-refractivity contribution >= 4 is 5.91 Å². The fourth-order valence-corrected chi connectivity index (χ4v) is 2.48. The quantitative estimate of drug-likeness (QED) is 0.830. The lowest BCUT2D eigenvalue weighted by molar-refractivity contribution is -0.122. The van der Waals surface area contributed by atoms with Gasteiger partial charge in [-0.05, 0) is 30.5 Å². The molecule has 1 fully saturated rings. The van der Waals surface area contributed by atoms with Crippen molar-refractivity contribution in [3.8, 4) is 0 Å². The molecule has 1 aliphatic heterocycles. The van der Waals surface area contributed by atoms with Gasteiger partial charge in [0.25, 0.3) is 0 Å². The molecule has 1 saturated heterocycles. The van der Waals surface area contributed by atoms with E-state index >= 15 is 0 Å². The Hall–Kier alpha value is -1.39. The van der Waals surface area contributed by atoms with Gasteiger partial charge in [0.05, 0.1) is 6.54 Å². The molecule has 19 heavy (non-hydrogen) atoms. The average Bonchev–Trinajstić information content (AvgIpc) is 2.80. The van der Waals surface area contributed by atoms with Crippen LogP contribution in [0.4, 0.5) is 0 Å². The summed E-state index contributed by atoms with van der Waals surface area (Å²) in [4.78, 5) is 14.1. The van der Waals surface area contributed by atoms with Crippen LogP contribution in [0.5, 0.6) is 0 Å². The summed E-state index contributed by atoms with van der Waals surface area (Å²) in [6, 6.07) is 9.97. The number of carbonyl (C=O) groups is 1. The molecule has 4 heteroatoms. The molecule has 2 rings (SSSR count). The molecule has 1 aliphatic rings. The number of hydrogen-bond donors (Lipinski definition) is 2. The van der Waals surface area contributed by atoms with Gasteiger partial charge in [0.15, 0.2) is 0 Å². The summed E-state index contributed by atoms with van der Waals surface area (Å²) < 4.78 is 0. The van der Waals surface area contributed by atoms with Gasteiger partial charge in [-0.1, -0.05) is 37.3 Å². The molecule has 0 saturated carbocycles. The molecule has 1 aromatic rings. The molecule has 1 aromatic carbocycles. The molecule has 0 spiro atoms. The topological polar surface area (TPSA) is 58.4 Å². The third-order valence-electron chi connectivity index (χ3n) is 3.83. The molecular formula is C15H23N3O. The monoisotopic (exact) mass is 261 g/mol. The van der Waals surface area contributed by atoms with E-state index in [1.807, 2.05) is 30.3 Å². The number of nitrogens with zero attached hydrogens (tertiary/aromatic N) is 1. The predicted molar refractivity (Wildman–Crippen MR) is 76.5 cm³/mol. The number of likely N-dealkylation sites (tertiary alicyclic amines) is 1. The number of nitrogens with two attached hydrogens (primary N) is 1. The second kappa shape index (κ2) is 6.17. The summed E-state index contributed by atoms with van der Waals surface area (Å²) in [5, 5.41) is 2.96. The number of benzene rings is 1. The number of carbonyl (C=O) groups excluding carboxylic acids is 1. The summed E-state index contributed by atoms with van der Waals surface area (Å²) in [6.07, 6.45) is 1.08. The summed E-state index contributed by atoms with van der Waals surface area (Å²) in [5.74, 6) is 0.0881. The zero-order chi connectivity index (χ0) is 13.7. The van der Waals surface area contributed by atoms with Crippen LogP contribution in [-0.2, 0) is 11.3 Å². The molecule has 1 amide bonds. The lowest BCUT2D eigenvalue weighted by Crippen LogP contribution is -2.38. The van der Waals surface area contributed by atoms with Gasteiger partial charge in [-0.15, -0.1) is 0 Å². The van der Waals surface area contributed by atoms with Gasteiger partial charge in [-0.25, -0.2) is 0 Å². The van der Waals surface area contributed by atoms with Gasteiger partial charge in [-0.3, -0.25) is 9.69 Å². The van der Waals surface area contributed by atoms with Crippen molar-refractivity contribution in [1.29, 1.82) is 0 Å². The minimum Gasteiger partial charge on any atom is -0.351 e. The van der Waals surface area contributed by atoms with E-state index in [2.05, 4.69) is 17.1 Å². The zero-order valence-corrected chi connectivity index (χ0v) is 11.6. The highest BCUT2D eigenvalue weighted by atomic mass is 16.2. The molecule has 4 nitrogen and oxygen atoms in total. The first-order valence-corrected chi connectivity index (χ1v) is 6.84. The first-order chi connectivity index (χ1) is 9.11. The molecule has 1 atom stereocenters. The maximum absolute atomic E-state index is 11.9. The Morgan fingerprint density at radius 3 is 2.79 bits per heavy atom. The van der Waals surface area contributed by atoms with E-state index in [-0.39, 0.29) is 11.3 Å². The summed E-state index contributed by atoms with van der Waals surface area (Å²) in [5.41, 5.74) is 7.08. The lowest BCUT2D eigenvalue weighted by Gasteiger charge is -2.22. The highest BCUT2D eigenvalue weighted by Gasteiger charge is 2.32. The smallest absolute Gasteiger partial charge is 0.234 e. The van der Waals surface area contributed by atoms with Gasteiger partial charge in [0.1, 0.15) is 0 Å². The zero-order valence-electron chi connectivity index (χ0n) is 11.6. The van der Waals surface area contributed by atoms with Crippen LogP contribution in [-0.4, -0.2) is 37.0 Å². The minimum atomic E-state index is 0.0881. The molecule has 0 radical (unpaired) electrons. The van der Waals surface area contributed by atoms with Gasteiger partial charge < -0.3 is 11.1 Å². The molecule has 0 aliphatic carbocycles. The van der Waals surface area contributed by atoms with E-state index in [4.69, 9.17) is 5.73 Å². The van der Waals surface area contributed by atoms with E-state index in [1.165, 1.54) is 0 Å². The SMILES string of the molecule is CC1(CN)CCN(CC(=O)NCc2ccccc2)C1. The Balaban J connectivity index is 1.74. The fraction of sp³-hybridized carbons (Fsp3) is 0.533. The van der Waals surface area contributed by atoms with Crippen molar-refractivity contribution < 1.29 is 4.79 Å². The van der Waals surface area contributed by atoms with Gasteiger partial charge in [0, 0.05) is 13.1 Å². The van der Waals surface area contributed by atoms with E-state index in [0.717, 1.165) is 25.1 Å². The van der Waals surface area contributed by atoms with E-state index in [1.54, 1.807) is 0 Å². The predicted octanol–water partition coefficient (Wildman–Crippen LogP) is 0.974. The number of rotatable bonds is 5. The van der Waals surface area contributed by atoms with Gasteiger partial charge >= 0.3 is 0 Å². The van der Waals surface area contributed by atoms with Crippen LogP contribution in [0.3, 0.4) is 0 Å². The summed E-state index contributed by atoms with van der Waals surface area (Å²) in [6.45, 7) is 5.84. The lowest BCUT2D eigenvalue weighted by atomic mass is 9.90. The molecule has 0 aromatic heterocycles. The van der Waals surface area contributed by atoms with Crippen LogP contribution in [0.15, 0.2) is 30.3 Å². The molecule has 104 valence electrons. The molecule has 3 N–H and O–H groups in total. The van der Waals surface area contributed by atoms with Crippen molar-refractivity contribution in [2.75, 3.05) is 26.2 Å². The normalized spacial score (nSPS) is 23.5. The molecule has 0 bridgehead atoms. The van der Waals surface area contributed by atoms with Crippen molar-refractivity contribution in [2.24, 2.45) is 11.1 Å². The van der Waals surface area contributed by atoms with Crippen molar-refractivity contribution in [2.45, 2.75) is 19.9 Å². The second-order valence-corrected chi connectivity index (χ2v) is 5.74. The van der Waals surface area contributed by atoms with Crippen LogP contribution >= 0.6 is 0 Å². The summed E-state index contributed by atoms with van der Waals surface area (Å²) >= 11 is 0. The van der Waals surface area contributed by atoms with Crippen LogP contribution < -0.4 is 11.1 Å². The second-order valence-electron chi connectivity index (χ2n) is 5.74. The van der Waals surface area contributed by atoms with Gasteiger partial charge in [-0.2, -0.15) is 0 Å². The standard InChI is InChI=1S/C15H23N3O/c1-15(11-16)7-8-18(12-15)10-14(19)17-9-13-5-3-2-4-6-13/h2-6H,7-12,16H2,1H3,(H,17,19). The van der Waals surface area contributed by atoms with Crippen LogP contribution in [0, 0.1) is 5.41 Å². The maximum Gasteiger partial charge on any atom is 0.234 e. The largest absolute Gasteiger partial charge is 0.351 e. The average molecular weight is 261 g/mol. The Kier molecular flexibility index (Phi) is 4.56. The van der Waals surface area contributed by atoms with Crippen molar-refractivity contribution in [3.63, 3.8) is 0 Å². The van der Waals surface area contributed by atoms with E-state index < -0.39 is 0 Å². The first kappa shape index (κ1) is 14.0. The molecule has 1 unspecified atom stereocenters. The Labute approximate surface area is 115 Å². The third-order valence-corrected chi connectivity index (χ3v) is 3.83. The number of nitrogens with one attached hydrogen (secondary N) is 1. The van der Waals surface area contributed by atoms with E-state index in [9.17, 15) is 4.79 Å². The Morgan fingerprint density at radius 2 is 2.16 bits per heavy atom. The molecular weight excluding hydrogens is 238 g/mol. The van der Waals surface area contributed by atoms with Crippen LogP contribution in [0.2, 0.25) is 0 Å². The Morgan fingerprint density at radius 1 is 1.42 bits per heavy atom. The number of hydrogen-bond acceptors (Lipinski definition) is 3. The Bertz CT molecular complexity index is 421. The van der Waals surface area contributed by atoms with Crippen LogP contribution in [0.25, 0.3) is 0 Å². The van der Waals surface area contributed by atoms with Crippen molar-refractivity contribution in [1.82, 2.24) is 10.2 Å². The molecule has 1 heterocycles. The summed E-state index contributed by atoms with van der Waals surface area (Å²) in [7, 11) is 0. The fourth-order valence-electron chi connectivity index (χ4n) is 2.48. The first-order valence-electron chi connectivity index (χ1n) is 6.84. The van der Waals surface area contributed by atoms with Crippen LogP contribution in [0.1, 0.15) is 18.9 Å². The van der Waals surface area contributed by atoms with Gasteiger partial charge in [0.2, 0.25) is 5.91 Å². The maximum atomic E-state index is 11.9. The number of amides is 1. The highest BCUT2D eigenvalue weighted by Crippen LogP contribution is 2.27. The van der Waals surface area contributed by atoms with E-state index in [0.29, 0.717) is 19.6 Å². The minimum absolute atomic E-state index is 0.0881.